The molecular formula is C21H26FN5O4S. The Labute approximate surface area is 186 Å². The predicted molar refractivity (Wildman–Crippen MR) is 122 cm³/mol. The summed E-state index contributed by atoms with van der Waals surface area (Å²) in [7, 11) is 0.151. The third kappa shape index (κ3) is 3.60. The van der Waals surface area contributed by atoms with Gasteiger partial charge in [0.1, 0.15) is 33.4 Å². The number of halogens is 1. The molecule has 0 radical (unpaired) electrons. The van der Waals surface area contributed by atoms with Gasteiger partial charge in [0.05, 0.1) is 19.1 Å². The highest BCUT2D eigenvalue weighted by atomic mass is 32.3. The number of hydrogen-bond donors (Lipinski definition) is 4. The molecule has 1 atom stereocenters. The first-order valence-electron chi connectivity index (χ1n) is 9.91. The highest BCUT2D eigenvalue weighted by molar-refractivity contribution is 8.26. The molecular weight excluding hydrogens is 437 g/mol. The van der Waals surface area contributed by atoms with Crippen LogP contribution < -0.4 is 15.8 Å². The number of amides is 1. The zero-order valence-corrected chi connectivity index (χ0v) is 18.8. The number of benzene rings is 1. The first-order valence-corrected chi connectivity index (χ1v) is 11.6. The van der Waals surface area contributed by atoms with Gasteiger partial charge in [0.2, 0.25) is 0 Å². The van der Waals surface area contributed by atoms with Gasteiger partial charge in [0, 0.05) is 24.3 Å². The lowest BCUT2D eigenvalue weighted by atomic mass is 9.91. The number of ether oxygens (including phenoxy) is 1. The Morgan fingerprint density at radius 3 is 2.59 bits per heavy atom. The monoisotopic (exact) mass is 463 g/mol. The van der Waals surface area contributed by atoms with Crippen molar-refractivity contribution < 1.29 is 23.0 Å². The van der Waals surface area contributed by atoms with Gasteiger partial charge in [0.15, 0.2) is 0 Å². The zero-order valence-electron chi connectivity index (χ0n) is 18.0. The Balaban J connectivity index is 1.64. The van der Waals surface area contributed by atoms with Crippen molar-refractivity contribution >= 4 is 28.0 Å². The van der Waals surface area contributed by atoms with Crippen LogP contribution in [0.25, 0.3) is 0 Å². The molecule has 0 saturated carbocycles. The van der Waals surface area contributed by atoms with Crippen LogP contribution in [0.2, 0.25) is 0 Å². The average Bonchev–Trinajstić information content (AvgIpc) is 2.71. The number of nitrogens with one attached hydrogen (secondary N) is 1. The molecule has 2 aromatic rings. The number of hydrogen-bond acceptors (Lipinski definition) is 8. The number of anilines is 1. The second-order valence-corrected chi connectivity index (χ2v) is 10.9. The fourth-order valence-electron chi connectivity index (χ4n) is 4.28. The maximum atomic E-state index is 14.9. The number of likely N-dealkylation sites (tertiary alicyclic amines) is 1. The van der Waals surface area contributed by atoms with Crippen LogP contribution in [0, 0.1) is 5.82 Å². The molecule has 1 spiro atoms. The smallest absolute Gasteiger partial charge is 0.274 e. The number of carbonyl (C=O) groups is 1. The summed E-state index contributed by atoms with van der Waals surface area (Å²) < 4.78 is 40.8. The minimum atomic E-state index is -3.20. The van der Waals surface area contributed by atoms with Gasteiger partial charge in [-0.2, -0.15) is 10.6 Å². The molecule has 4 rings (SSSR count). The Kier molecular flexibility index (Phi) is 5.40. The molecule has 3 heterocycles. The van der Waals surface area contributed by atoms with Crippen LogP contribution in [0.15, 0.2) is 41.5 Å². The standard InChI is InChI=1S/C21H26FN5O4S/c1-20(12-32(29,30)21(19(23)26-20)10-27(2)11-21)15-8-13(4-6-16(15)22)25-18(28)17-7-5-14(31-3)9-24-17/h4-9,29-30H,10-12H2,1-3H3,(H2,23,26)(H,25,28)/t20-/m0/s1. The van der Waals surface area contributed by atoms with Gasteiger partial charge in [-0.05, 0) is 44.3 Å². The van der Waals surface area contributed by atoms with E-state index in [-0.39, 0.29) is 22.8 Å². The molecule has 1 aromatic heterocycles. The van der Waals surface area contributed by atoms with Crippen LogP contribution in [0.4, 0.5) is 10.1 Å². The van der Waals surface area contributed by atoms with Gasteiger partial charge in [-0.15, -0.1) is 0 Å². The number of rotatable bonds is 4. The lowest BCUT2D eigenvalue weighted by Gasteiger charge is -2.62. The molecule has 0 bridgehead atoms. The minimum Gasteiger partial charge on any atom is -0.495 e. The number of carbonyl (C=O) groups excluding carboxylic acids is 1. The summed E-state index contributed by atoms with van der Waals surface area (Å²) >= 11 is 0. The van der Waals surface area contributed by atoms with Crippen LogP contribution >= 0.6 is 10.6 Å². The highest BCUT2D eigenvalue weighted by Crippen LogP contribution is 2.62. The van der Waals surface area contributed by atoms with Gasteiger partial charge in [-0.3, -0.25) is 18.9 Å². The number of aromatic nitrogens is 1. The number of aliphatic imine (C=N–C) groups is 1. The van der Waals surface area contributed by atoms with E-state index in [1.807, 2.05) is 11.9 Å². The molecule has 2 aliphatic rings. The fraction of sp³-hybridized carbons (Fsp3) is 0.381. The number of amidine groups is 1. The molecule has 11 heteroatoms. The van der Waals surface area contributed by atoms with Crippen molar-refractivity contribution in [3.8, 4) is 5.75 Å². The van der Waals surface area contributed by atoms with Crippen LogP contribution in [-0.4, -0.2) is 68.5 Å². The SMILES string of the molecule is COc1ccc(C(=O)Nc2ccc(F)c([C@]3(C)CS(O)(O)C4(CN(C)C4)C(N)=N3)c2)nc1. The third-order valence-corrected chi connectivity index (χ3v) is 8.69. The molecule has 9 nitrogen and oxygen atoms in total. The first kappa shape index (κ1) is 22.5. The Morgan fingerprint density at radius 1 is 1.31 bits per heavy atom. The minimum absolute atomic E-state index is 0.112. The third-order valence-electron chi connectivity index (χ3n) is 6.00. The Hall–Kier alpha value is -2.73. The van der Waals surface area contributed by atoms with Gasteiger partial charge >= 0.3 is 0 Å². The van der Waals surface area contributed by atoms with E-state index in [0.717, 1.165) is 0 Å². The lowest BCUT2D eigenvalue weighted by molar-refractivity contribution is 0.102. The summed E-state index contributed by atoms with van der Waals surface area (Å²) in [5.74, 6) is -0.603. The number of methoxy groups -OCH3 is 1. The lowest BCUT2D eigenvalue weighted by Crippen LogP contribution is -2.71. The fourth-order valence-corrected chi connectivity index (χ4v) is 6.79. The average molecular weight is 464 g/mol. The highest BCUT2D eigenvalue weighted by Gasteiger charge is 2.59. The quantitative estimate of drug-likeness (QED) is 0.547. The van der Waals surface area contributed by atoms with E-state index in [4.69, 9.17) is 10.5 Å². The van der Waals surface area contributed by atoms with E-state index < -0.39 is 32.6 Å². The molecule has 32 heavy (non-hydrogen) atoms. The van der Waals surface area contributed by atoms with Crippen molar-refractivity contribution in [2.24, 2.45) is 10.7 Å². The topological polar surface area (TPSA) is 133 Å². The first-order chi connectivity index (χ1) is 15.0. The van der Waals surface area contributed by atoms with Gasteiger partial charge in [-0.1, -0.05) is 0 Å². The van der Waals surface area contributed by atoms with Gasteiger partial charge in [0.25, 0.3) is 5.91 Å². The van der Waals surface area contributed by atoms with Crippen LogP contribution in [0.3, 0.4) is 0 Å². The van der Waals surface area contributed by atoms with E-state index in [1.165, 1.54) is 37.6 Å². The summed E-state index contributed by atoms with van der Waals surface area (Å²) in [6, 6.07) is 7.18. The molecule has 0 unspecified atom stereocenters. The van der Waals surface area contributed by atoms with Crippen molar-refractivity contribution in [3.63, 3.8) is 0 Å². The van der Waals surface area contributed by atoms with Crippen LogP contribution in [-0.2, 0) is 5.54 Å². The summed E-state index contributed by atoms with van der Waals surface area (Å²) in [6.07, 6.45) is 1.42. The van der Waals surface area contributed by atoms with E-state index in [9.17, 15) is 18.3 Å². The summed E-state index contributed by atoms with van der Waals surface area (Å²) in [6.45, 7) is 2.38. The molecule has 1 fully saturated rings. The van der Waals surface area contributed by atoms with Gasteiger partial charge < -0.3 is 20.7 Å². The van der Waals surface area contributed by atoms with Crippen LogP contribution in [0.1, 0.15) is 23.0 Å². The second-order valence-electron chi connectivity index (χ2n) is 8.48. The van der Waals surface area contributed by atoms with Crippen molar-refractivity contribution in [1.82, 2.24) is 9.88 Å². The molecule has 1 saturated heterocycles. The maximum absolute atomic E-state index is 14.9. The molecule has 1 amide bonds. The summed E-state index contributed by atoms with van der Waals surface area (Å²) in [5, 5.41) is 2.68. The number of nitrogens with zero attached hydrogens (tertiary/aromatic N) is 3. The molecule has 0 aliphatic carbocycles. The number of nitrogens with two attached hydrogens (primary N) is 1. The van der Waals surface area contributed by atoms with Crippen molar-refractivity contribution in [2.75, 3.05) is 38.3 Å². The van der Waals surface area contributed by atoms with Gasteiger partial charge in [-0.25, -0.2) is 9.37 Å². The second kappa shape index (κ2) is 7.69. The Morgan fingerprint density at radius 2 is 2.03 bits per heavy atom. The Bertz CT molecular complexity index is 1090. The molecule has 2 aliphatic heterocycles. The van der Waals surface area contributed by atoms with E-state index in [1.54, 1.807) is 13.0 Å². The van der Waals surface area contributed by atoms with Crippen molar-refractivity contribution in [1.29, 1.82) is 0 Å². The maximum Gasteiger partial charge on any atom is 0.274 e. The van der Waals surface area contributed by atoms with Crippen molar-refractivity contribution in [2.45, 2.75) is 17.2 Å². The number of pyridine rings is 1. The zero-order chi connectivity index (χ0) is 23.3. The van der Waals surface area contributed by atoms with Crippen LogP contribution in [0.5, 0.6) is 5.75 Å². The summed E-state index contributed by atoms with van der Waals surface area (Å²) in [4.78, 5) is 23.0. The largest absolute Gasteiger partial charge is 0.495 e. The van der Waals surface area contributed by atoms with E-state index in [0.29, 0.717) is 24.5 Å². The summed E-state index contributed by atoms with van der Waals surface area (Å²) in [5.41, 5.74) is 5.50. The molecule has 172 valence electrons. The molecule has 5 N–H and O–H groups in total. The molecule has 1 aromatic carbocycles. The van der Waals surface area contributed by atoms with E-state index in [2.05, 4.69) is 15.3 Å². The van der Waals surface area contributed by atoms with Crippen molar-refractivity contribution in [3.05, 3.63) is 53.6 Å². The van der Waals surface area contributed by atoms with E-state index >= 15 is 0 Å². The normalized spacial score (nSPS) is 24.9. The predicted octanol–water partition coefficient (Wildman–Crippen LogP) is 2.50.